The first-order valence-corrected chi connectivity index (χ1v) is 8.70. The lowest BCUT2D eigenvalue weighted by Gasteiger charge is -2.33. The Morgan fingerprint density at radius 3 is 2.00 bits per heavy atom. The highest BCUT2D eigenvalue weighted by atomic mass is 16.2. The van der Waals surface area contributed by atoms with E-state index in [2.05, 4.69) is 15.5 Å². The Balaban J connectivity index is 1.60. The molecule has 27 heavy (non-hydrogen) atoms. The molecule has 2 amide bonds. The fourth-order valence-corrected chi connectivity index (χ4v) is 2.84. The molecular weight excluding hydrogens is 346 g/mol. The van der Waals surface area contributed by atoms with Crippen LogP contribution in [0.25, 0.3) is 0 Å². The maximum Gasteiger partial charge on any atom is 0.274 e. The van der Waals surface area contributed by atoms with E-state index in [9.17, 15) is 14.4 Å². The molecule has 0 bridgehead atoms. The van der Waals surface area contributed by atoms with Crippen LogP contribution < -0.4 is 5.32 Å². The highest BCUT2D eigenvalue weighted by Crippen LogP contribution is 2.16. The van der Waals surface area contributed by atoms with E-state index < -0.39 is 0 Å². The predicted molar refractivity (Wildman–Crippen MR) is 99.9 cm³/mol. The van der Waals surface area contributed by atoms with E-state index in [-0.39, 0.29) is 23.3 Å². The summed E-state index contributed by atoms with van der Waals surface area (Å²) < 4.78 is 0. The molecular formula is C19H21N5O3. The predicted octanol–water partition coefficient (Wildman–Crippen LogP) is 1.73. The van der Waals surface area contributed by atoms with Gasteiger partial charge in [-0.15, -0.1) is 10.2 Å². The molecule has 0 saturated carbocycles. The molecule has 1 aliphatic heterocycles. The summed E-state index contributed by atoms with van der Waals surface area (Å²) in [5, 5.41) is 11.1. The Kier molecular flexibility index (Phi) is 5.44. The van der Waals surface area contributed by atoms with Crippen molar-refractivity contribution >= 4 is 29.1 Å². The Labute approximate surface area is 157 Å². The van der Waals surface area contributed by atoms with Crippen molar-refractivity contribution in [2.45, 2.75) is 13.8 Å². The number of Topliss-reactive ketones (excluding diaryl/α,β-unsaturated/α-hetero) is 1. The number of anilines is 2. The van der Waals surface area contributed by atoms with Crippen LogP contribution >= 0.6 is 0 Å². The lowest BCUT2D eigenvalue weighted by atomic mass is 10.1. The monoisotopic (exact) mass is 367 g/mol. The van der Waals surface area contributed by atoms with E-state index in [4.69, 9.17) is 0 Å². The van der Waals surface area contributed by atoms with Crippen molar-refractivity contribution in [3.8, 4) is 0 Å². The molecule has 1 aromatic heterocycles. The highest BCUT2D eigenvalue weighted by Gasteiger charge is 2.24. The number of aromatic nitrogens is 2. The average Bonchev–Trinajstić information content (AvgIpc) is 2.68. The van der Waals surface area contributed by atoms with Crippen molar-refractivity contribution in [1.82, 2.24) is 20.0 Å². The SMILES string of the molecule is CC(=O)c1ccc(Nc2ccc(C(=O)N3CCN(C(C)=O)CC3)nn2)cc1. The molecule has 0 aliphatic carbocycles. The van der Waals surface area contributed by atoms with Gasteiger partial charge < -0.3 is 15.1 Å². The van der Waals surface area contributed by atoms with Crippen molar-refractivity contribution in [2.75, 3.05) is 31.5 Å². The first kappa shape index (κ1) is 18.5. The Hall–Kier alpha value is -3.29. The summed E-state index contributed by atoms with van der Waals surface area (Å²) in [6.07, 6.45) is 0. The summed E-state index contributed by atoms with van der Waals surface area (Å²) in [7, 11) is 0. The van der Waals surface area contributed by atoms with Crippen LogP contribution in [-0.2, 0) is 4.79 Å². The number of carbonyl (C=O) groups is 3. The van der Waals surface area contributed by atoms with Crippen LogP contribution in [0, 0.1) is 0 Å². The van der Waals surface area contributed by atoms with Gasteiger partial charge in [-0.1, -0.05) is 0 Å². The molecule has 1 fully saturated rings. The van der Waals surface area contributed by atoms with Crippen molar-refractivity contribution in [2.24, 2.45) is 0 Å². The number of rotatable bonds is 4. The fraction of sp³-hybridized carbons (Fsp3) is 0.316. The molecule has 1 aromatic carbocycles. The number of benzene rings is 1. The Bertz CT molecular complexity index is 841. The summed E-state index contributed by atoms with van der Waals surface area (Å²) in [6, 6.07) is 10.3. The molecule has 140 valence electrons. The van der Waals surface area contributed by atoms with E-state index in [0.717, 1.165) is 5.69 Å². The summed E-state index contributed by atoms with van der Waals surface area (Å²) in [5.74, 6) is 0.341. The smallest absolute Gasteiger partial charge is 0.274 e. The molecule has 0 unspecified atom stereocenters. The van der Waals surface area contributed by atoms with E-state index in [1.54, 1.807) is 46.2 Å². The minimum atomic E-state index is -0.192. The highest BCUT2D eigenvalue weighted by molar-refractivity contribution is 5.94. The van der Waals surface area contributed by atoms with Crippen molar-refractivity contribution in [3.05, 3.63) is 47.7 Å². The number of carbonyl (C=O) groups excluding carboxylic acids is 3. The minimum Gasteiger partial charge on any atom is -0.339 e. The van der Waals surface area contributed by atoms with E-state index >= 15 is 0 Å². The first-order chi connectivity index (χ1) is 12.9. The quantitative estimate of drug-likeness (QED) is 0.827. The maximum atomic E-state index is 12.5. The van der Waals surface area contributed by atoms with E-state index in [1.807, 2.05) is 0 Å². The largest absolute Gasteiger partial charge is 0.339 e. The van der Waals surface area contributed by atoms with Crippen LogP contribution in [-0.4, -0.2) is 63.8 Å². The molecule has 1 N–H and O–H groups in total. The van der Waals surface area contributed by atoms with Gasteiger partial charge >= 0.3 is 0 Å². The number of hydrogen-bond acceptors (Lipinski definition) is 6. The Morgan fingerprint density at radius 1 is 0.852 bits per heavy atom. The van der Waals surface area contributed by atoms with Gasteiger partial charge in [-0.05, 0) is 43.3 Å². The van der Waals surface area contributed by atoms with Crippen molar-refractivity contribution in [3.63, 3.8) is 0 Å². The maximum absolute atomic E-state index is 12.5. The molecule has 2 heterocycles. The number of nitrogens with zero attached hydrogens (tertiary/aromatic N) is 4. The average molecular weight is 367 g/mol. The second-order valence-electron chi connectivity index (χ2n) is 6.36. The molecule has 3 rings (SSSR count). The van der Waals surface area contributed by atoms with Crippen molar-refractivity contribution in [1.29, 1.82) is 0 Å². The first-order valence-electron chi connectivity index (χ1n) is 8.70. The summed E-state index contributed by atoms with van der Waals surface area (Å²) in [4.78, 5) is 38.6. The standard InChI is InChI=1S/C19H21N5O3/c1-13(25)15-3-5-16(6-4-15)20-18-8-7-17(21-22-18)19(27)24-11-9-23(10-12-24)14(2)26/h3-8H,9-12H2,1-2H3,(H,20,22). The van der Waals surface area contributed by atoms with Crippen LogP contribution in [0.15, 0.2) is 36.4 Å². The van der Waals surface area contributed by atoms with Gasteiger partial charge in [0.25, 0.3) is 5.91 Å². The molecule has 1 saturated heterocycles. The fourth-order valence-electron chi connectivity index (χ4n) is 2.84. The third kappa shape index (κ3) is 4.46. The lowest BCUT2D eigenvalue weighted by molar-refractivity contribution is -0.130. The topological polar surface area (TPSA) is 95.5 Å². The number of hydrogen-bond donors (Lipinski definition) is 1. The van der Waals surface area contributed by atoms with Gasteiger partial charge in [0.15, 0.2) is 17.3 Å². The number of nitrogens with one attached hydrogen (secondary N) is 1. The van der Waals surface area contributed by atoms with Crippen LogP contribution in [0.5, 0.6) is 0 Å². The molecule has 8 heteroatoms. The van der Waals surface area contributed by atoms with Gasteiger partial charge in [-0.2, -0.15) is 0 Å². The zero-order valence-corrected chi connectivity index (χ0v) is 15.3. The zero-order chi connectivity index (χ0) is 19.4. The number of amides is 2. The molecule has 0 radical (unpaired) electrons. The van der Waals surface area contributed by atoms with Crippen LogP contribution in [0.3, 0.4) is 0 Å². The molecule has 0 atom stereocenters. The number of piperazine rings is 1. The van der Waals surface area contributed by atoms with Crippen LogP contribution in [0.2, 0.25) is 0 Å². The van der Waals surface area contributed by atoms with Crippen LogP contribution in [0.1, 0.15) is 34.7 Å². The minimum absolute atomic E-state index is 0.00773. The molecule has 2 aromatic rings. The van der Waals surface area contributed by atoms with Crippen LogP contribution in [0.4, 0.5) is 11.5 Å². The van der Waals surface area contributed by atoms with Crippen molar-refractivity contribution < 1.29 is 14.4 Å². The third-order valence-electron chi connectivity index (χ3n) is 4.46. The second kappa shape index (κ2) is 7.94. The molecule has 8 nitrogen and oxygen atoms in total. The van der Waals surface area contributed by atoms with E-state index in [0.29, 0.717) is 37.6 Å². The molecule has 1 aliphatic rings. The zero-order valence-electron chi connectivity index (χ0n) is 15.3. The van der Waals surface area contributed by atoms with Gasteiger partial charge in [0.2, 0.25) is 5.91 Å². The van der Waals surface area contributed by atoms with Gasteiger partial charge in [0.1, 0.15) is 0 Å². The Morgan fingerprint density at radius 2 is 1.48 bits per heavy atom. The molecule has 0 spiro atoms. The summed E-state index contributed by atoms with van der Waals surface area (Å²) in [6.45, 7) is 5.09. The summed E-state index contributed by atoms with van der Waals surface area (Å²) in [5.41, 5.74) is 1.68. The second-order valence-corrected chi connectivity index (χ2v) is 6.36. The van der Waals surface area contributed by atoms with E-state index in [1.165, 1.54) is 13.8 Å². The van der Waals surface area contributed by atoms with Gasteiger partial charge in [-0.25, -0.2) is 0 Å². The summed E-state index contributed by atoms with van der Waals surface area (Å²) >= 11 is 0. The van der Waals surface area contributed by atoms with Gasteiger partial charge in [0, 0.05) is 44.4 Å². The normalized spacial score (nSPS) is 14.0. The number of ketones is 1. The van der Waals surface area contributed by atoms with Gasteiger partial charge in [0.05, 0.1) is 0 Å². The van der Waals surface area contributed by atoms with Gasteiger partial charge in [-0.3, -0.25) is 14.4 Å². The third-order valence-corrected chi connectivity index (χ3v) is 4.46. The lowest BCUT2D eigenvalue weighted by Crippen LogP contribution is -2.50.